The highest BCUT2D eigenvalue weighted by Gasteiger charge is 2.18. The van der Waals surface area contributed by atoms with Crippen molar-refractivity contribution in [1.82, 2.24) is 0 Å². The van der Waals surface area contributed by atoms with Crippen molar-refractivity contribution in [1.29, 1.82) is 0 Å². The van der Waals surface area contributed by atoms with Crippen LogP contribution in [0, 0.1) is 0 Å². The minimum atomic E-state index is 0.521. The molecule has 70 valence electrons. The van der Waals surface area contributed by atoms with E-state index >= 15 is 0 Å². The van der Waals surface area contributed by atoms with Gasteiger partial charge in [-0.15, -0.1) is 0 Å². The number of para-hydroxylation sites is 1. The molecular formula is C11H15NO. The molecule has 1 aliphatic heterocycles. The summed E-state index contributed by atoms with van der Waals surface area (Å²) in [7, 11) is 0. The van der Waals surface area contributed by atoms with Crippen LogP contribution in [0.4, 0.5) is 5.69 Å². The van der Waals surface area contributed by atoms with Crippen LogP contribution < -0.4 is 5.32 Å². The van der Waals surface area contributed by atoms with Crippen LogP contribution in [0.2, 0.25) is 0 Å². The Morgan fingerprint density at radius 1 is 1.38 bits per heavy atom. The maximum absolute atomic E-state index is 5.12. The number of nitrogens with one attached hydrogen (secondary N) is 1. The zero-order valence-electron chi connectivity index (χ0n) is 7.92. The Labute approximate surface area is 78.9 Å². The second kappa shape index (κ2) is 3.79. The number of hydrogen-bond donors (Lipinski definition) is 1. The van der Waals surface area contributed by atoms with E-state index in [2.05, 4.69) is 36.5 Å². The smallest absolute Gasteiger partial charge is 0.0728 e. The third-order valence-corrected chi connectivity index (χ3v) is 2.40. The van der Waals surface area contributed by atoms with Gasteiger partial charge in [-0.2, -0.15) is 0 Å². The van der Waals surface area contributed by atoms with Gasteiger partial charge >= 0.3 is 0 Å². The summed E-state index contributed by atoms with van der Waals surface area (Å²) in [4.78, 5) is 0. The number of benzene rings is 1. The molecule has 1 aliphatic rings. The molecule has 0 saturated carbocycles. The predicted molar refractivity (Wildman–Crippen MR) is 54.0 cm³/mol. The molecule has 0 radical (unpaired) electrons. The van der Waals surface area contributed by atoms with E-state index in [4.69, 9.17) is 4.74 Å². The van der Waals surface area contributed by atoms with Gasteiger partial charge in [0.1, 0.15) is 0 Å². The predicted octanol–water partition coefficient (Wildman–Crippen LogP) is 2.06. The van der Waals surface area contributed by atoms with Gasteiger partial charge < -0.3 is 10.1 Å². The SMILES string of the molecule is CCc1ccccc1NC1COC1. The highest BCUT2D eigenvalue weighted by atomic mass is 16.5. The maximum Gasteiger partial charge on any atom is 0.0728 e. The van der Waals surface area contributed by atoms with Crippen LogP contribution in [0.5, 0.6) is 0 Å². The third-order valence-electron chi connectivity index (χ3n) is 2.40. The minimum Gasteiger partial charge on any atom is -0.377 e. The summed E-state index contributed by atoms with van der Waals surface area (Å²) in [5.74, 6) is 0. The van der Waals surface area contributed by atoms with E-state index in [-0.39, 0.29) is 0 Å². The highest BCUT2D eigenvalue weighted by Crippen LogP contribution is 2.18. The van der Waals surface area contributed by atoms with Crippen molar-refractivity contribution in [3.8, 4) is 0 Å². The molecule has 0 spiro atoms. The largest absolute Gasteiger partial charge is 0.377 e. The molecule has 2 rings (SSSR count). The lowest BCUT2D eigenvalue weighted by Crippen LogP contribution is -2.40. The molecule has 1 aromatic carbocycles. The van der Waals surface area contributed by atoms with Gasteiger partial charge in [0, 0.05) is 5.69 Å². The second-order valence-corrected chi connectivity index (χ2v) is 3.39. The summed E-state index contributed by atoms with van der Waals surface area (Å²) >= 11 is 0. The number of ether oxygens (including phenoxy) is 1. The van der Waals surface area contributed by atoms with Gasteiger partial charge in [0.15, 0.2) is 0 Å². The van der Waals surface area contributed by atoms with Crippen molar-refractivity contribution < 1.29 is 4.74 Å². The van der Waals surface area contributed by atoms with Gasteiger partial charge in [-0.25, -0.2) is 0 Å². The fraction of sp³-hybridized carbons (Fsp3) is 0.455. The van der Waals surface area contributed by atoms with Crippen LogP contribution in [0.25, 0.3) is 0 Å². The zero-order chi connectivity index (χ0) is 9.10. The van der Waals surface area contributed by atoms with E-state index in [1.165, 1.54) is 11.3 Å². The first-order chi connectivity index (χ1) is 6.40. The van der Waals surface area contributed by atoms with E-state index < -0.39 is 0 Å². The first-order valence-electron chi connectivity index (χ1n) is 4.82. The van der Waals surface area contributed by atoms with Gasteiger partial charge in [0.05, 0.1) is 19.3 Å². The Hall–Kier alpha value is -1.02. The van der Waals surface area contributed by atoms with Crippen molar-refractivity contribution in [2.75, 3.05) is 18.5 Å². The molecule has 0 atom stereocenters. The van der Waals surface area contributed by atoms with E-state index in [9.17, 15) is 0 Å². The first kappa shape index (κ1) is 8.57. The van der Waals surface area contributed by atoms with Gasteiger partial charge in [-0.05, 0) is 18.1 Å². The van der Waals surface area contributed by atoms with E-state index in [0.29, 0.717) is 6.04 Å². The van der Waals surface area contributed by atoms with Crippen molar-refractivity contribution in [2.24, 2.45) is 0 Å². The summed E-state index contributed by atoms with van der Waals surface area (Å²) < 4.78 is 5.12. The lowest BCUT2D eigenvalue weighted by atomic mass is 10.1. The van der Waals surface area contributed by atoms with Crippen LogP contribution in [-0.4, -0.2) is 19.3 Å². The number of hydrogen-bond acceptors (Lipinski definition) is 2. The molecule has 0 aliphatic carbocycles. The minimum absolute atomic E-state index is 0.521. The van der Waals surface area contributed by atoms with Crippen LogP contribution in [0.15, 0.2) is 24.3 Å². The Bertz CT molecular complexity index is 281. The Morgan fingerprint density at radius 3 is 2.77 bits per heavy atom. The Kier molecular flexibility index (Phi) is 2.50. The number of aryl methyl sites for hydroxylation is 1. The van der Waals surface area contributed by atoms with Crippen molar-refractivity contribution in [3.05, 3.63) is 29.8 Å². The molecule has 1 fully saturated rings. The third kappa shape index (κ3) is 1.83. The molecule has 2 nitrogen and oxygen atoms in total. The van der Waals surface area contributed by atoms with E-state index in [0.717, 1.165) is 19.6 Å². The summed E-state index contributed by atoms with van der Waals surface area (Å²) in [5, 5.41) is 3.47. The second-order valence-electron chi connectivity index (χ2n) is 3.39. The molecule has 1 saturated heterocycles. The van der Waals surface area contributed by atoms with E-state index in [1.807, 2.05) is 0 Å². The summed E-state index contributed by atoms with van der Waals surface area (Å²) in [6, 6.07) is 8.98. The standard InChI is InChI=1S/C11H15NO/c1-2-9-5-3-4-6-11(9)12-10-7-13-8-10/h3-6,10,12H,2,7-8H2,1H3. The topological polar surface area (TPSA) is 21.3 Å². The van der Waals surface area contributed by atoms with Gasteiger partial charge in [0.25, 0.3) is 0 Å². The average Bonchev–Trinajstić information content (AvgIpc) is 2.12. The van der Waals surface area contributed by atoms with Gasteiger partial charge in [-0.1, -0.05) is 25.1 Å². The van der Waals surface area contributed by atoms with Crippen molar-refractivity contribution >= 4 is 5.69 Å². The average molecular weight is 177 g/mol. The molecule has 0 amide bonds. The van der Waals surface area contributed by atoms with Gasteiger partial charge in [-0.3, -0.25) is 0 Å². The normalized spacial score (nSPS) is 16.7. The number of rotatable bonds is 3. The molecule has 0 bridgehead atoms. The molecule has 2 heteroatoms. The molecule has 13 heavy (non-hydrogen) atoms. The fourth-order valence-corrected chi connectivity index (χ4v) is 1.51. The molecule has 0 unspecified atom stereocenters. The quantitative estimate of drug-likeness (QED) is 0.763. The highest BCUT2D eigenvalue weighted by molar-refractivity contribution is 5.52. The summed E-state index contributed by atoms with van der Waals surface area (Å²) in [5.41, 5.74) is 2.65. The number of anilines is 1. The first-order valence-corrected chi connectivity index (χ1v) is 4.82. The molecule has 0 aromatic heterocycles. The van der Waals surface area contributed by atoms with E-state index in [1.54, 1.807) is 0 Å². The molecule has 1 aromatic rings. The lowest BCUT2D eigenvalue weighted by Gasteiger charge is -2.28. The Balaban J connectivity index is 2.08. The molecule has 1 N–H and O–H groups in total. The van der Waals surface area contributed by atoms with Crippen LogP contribution in [0.1, 0.15) is 12.5 Å². The summed E-state index contributed by atoms with van der Waals surface area (Å²) in [6.07, 6.45) is 1.08. The Morgan fingerprint density at radius 2 is 2.15 bits per heavy atom. The van der Waals surface area contributed by atoms with Crippen molar-refractivity contribution in [3.63, 3.8) is 0 Å². The fourth-order valence-electron chi connectivity index (χ4n) is 1.51. The molecule has 1 heterocycles. The lowest BCUT2D eigenvalue weighted by molar-refractivity contribution is 0.0211. The van der Waals surface area contributed by atoms with Crippen LogP contribution >= 0.6 is 0 Å². The van der Waals surface area contributed by atoms with Crippen LogP contribution in [-0.2, 0) is 11.2 Å². The van der Waals surface area contributed by atoms with Crippen LogP contribution in [0.3, 0.4) is 0 Å². The maximum atomic E-state index is 5.12. The monoisotopic (exact) mass is 177 g/mol. The zero-order valence-corrected chi connectivity index (χ0v) is 7.92. The molecular weight excluding hydrogens is 162 g/mol. The van der Waals surface area contributed by atoms with Gasteiger partial charge in [0.2, 0.25) is 0 Å². The summed E-state index contributed by atoms with van der Waals surface area (Å²) in [6.45, 7) is 3.87. The van der Waals surface area contributed by atoms with Crippen molar-refractivity contribution in [2.45, 2.75) is 19.4 Å².